The Morgan fingerprint density at radius 3 is 2.50 bits per heavy atom. The second-order valence-electron chi connectivity index (χ2n) is 9.36. The minimum absolute atomic E-state index is 0.0809. The maximum Gasteiger partial charge on any atom is 0.337 e. The highest BCUT2D eigenvalue weighted by Gasteiger charge is 2.75. The molecule has 2 aromatic rings. The maximum atomic E-state index is 14.8. The summed E-state index contributed by atoms with van der Waals surface area (Å²) in [5.74, 6) is 0.0574. The van der Waals surface area contributed by atoms with Crippen molar-refractivity contribution < 1.29 is 23.9 Å². The summed E-state index contributed by atoms with van der Waals surface area (Å²) in [6.07, 6.45) is 8.56. The average Bonchev–Trinajstić information content (AvgIpc) is 3.20. The molecule has 0 aromatic heterocycles. The molecule has 5 rings (SSSR count). The summed E-state index contributed by atoms with van der Waals surface area (Å²) in [7, 11) is 2.34. The minimum Gasteiger partial charge on any atom is -0.469 e. The van der Waals surface area contributed by atoms with Crippen LogP contribution in [0.15, 0.2) is 64.4 Å². The Morgan fingerprint density at radius 1 is 1.12 bits per heavy atom. The van der Waals surface area contributed by atoms with Crippen LogP contribution in [0, 0.1) is 40.4 Å². The molecule has 0 aliphatic carbocycles. The van der Waals surface area contributed by atoms with Crippen molar-refractivity contribution in [3.05, 3.63) is 81.1 Å². The third-order valence-corrected chi connectivity index (χ3v) is 8.20. The van der Waals surface area contributed by atoms with Crippen LogP contribution in [-0.2, 0) is 29.3 Å². The van der Waals surface area contributed by atoms with E-state index in [-0.39, 0.29) is 23.4 Å². The van der Waals surface area contributed by atoms with Crippen LogP contribution in [0.5, 0.6) is 0 Å². The fourth-order valence-corrected chi connectivity index (χ4v) is 6.52. The number of carbonyl (C=O) groups excluding carboxylic acids is 3. The summed E-state index contributed by atoms with van der Waals surface area (Å²) >= 11 is 3.45. The normalized spacial score (nSPS) is 21.5. The van der Waals surface area contributed by atoms with Gasteiger partial charge >= 0.3 is 11.9 Å². The Morgan fingerprint density at radius 2 is 1.85 bits per heavy atom. The van der Waals surface area contributed by atoms with Gasteiger partial charge < -0.3 is 14.4 Å². The summed E-state index contributed by atoms with van der Waals surface area (Å²) in [6, 6.07) is 15.3. The molecular weight excluding hydrogens is 576 g/mol. The largest absolute Gasteiger partial charge is 0.469 e. The number of hydrogen-bond donors (Lipinski definition) is 0. The van der Waals surface area contributed by atoms with Crippen molar-refractivity contribution in [2.45, 2.75) is 17.9 Å². The number of carbonyl (C=O) groups is 3. The predicted octanol–water partition coefficient (Wildman–Crippen LogP) is 3.73. The number of terminal acetylenes is 1. The lowest BCUT2D eigenvalue weighted by Gasteiger charge is -2.53. The molecule has 1 spiro atoms. The summed E-state index contributed by atoms with van der Waals surface area (Å²) < 4.78 is 10.7. The number of rotatable bonds is 4. The zero-order chi connectivity index (χ0) is 28.8. The van der Waals surface area contributed by atoms with E-state index in [1.54, 1.807) is 42.6 Å². The van der Waals surface area contributed by atoms with Crippen LogP contribution in [0.1, 0.15) is 29.2 Å². The van der Waals surface area contributed by atoms with Gasteiger partial charge in [-0.2, -0.15) is 10.5 Å². The van der Waals surface area contributed by atoms with Gasteiger partial charge in [-0.15, -0.1) is 6.42 Å². The van der Waals surface area contributed by atoms with Crippen molar-refractivity contribution in [3.8, 4) is 24.5 Å². The number of nitriles is 2. The molecule has 0 saturated carbocycles. The highest BCUT2D eigenvalue weighted by Crippen LogP contribution is 2.66. The summed E-state index contributed by atoms with van der Waals surface area (Å²) in [5.41, 5.74) is -2.82. The van der Waals surface area contributed by atoms with Crippen LogP contribution in [0.3, 0.4) is 0 Å². The number of amides is 1. The first kappa shape index (κ1) is 26.7. The van der Waals surface area contributed by atoms with Gasteiger partial charge in [0, 0.05) is 27.6 Å². The van der Waals surface area contributed by atoms with E-state index in [1.165, 1.54) is 16.9 Å². The molecule has 198 valence electrons. The molecule has 40 heavy (non-hydrogen) atoms. The van der Waals surface area contributed by atoms with E-state index in [0.717, 1.165) is 7.11 Å². The van der Waals surface area contributed by atoms with Gasteiger partial charge in [0.2, 0.25) is 5.91 Å². The van der Waals surface area contributed by atoms with E-state index in [9.17, 15) is 24.9 Å². The van der Waals surface area contributed by atoms with E-state index in [0.29, 0.717) is 21.3 Å². The van der Waals surface area contributed by atoms with Gasteiger partial charge in [-0.1, -0.05) is 46.1 Å². The Balaban J connectivity index is 2.05. The monoisotopic (exact) mass is 596 g/mol. The number of hydrogen-bond acceptors (Lipinski definition) is 8. The number of halogens is 1. The second-order valence-corrected chi connectivity index (χ2v) is 10.3. The number of methoxy groups -OCH3 is 2. The molecule has 9 nitrogen and oxygen atoms in total. The van der Waals surface area contributed by atoms with E-state index < -0.39 is 41.1 Å². The molecular formula is C30H21BrN4O5. The van der Waals surface area contributed by atoms with Gasteiger partial charge in [0.25, 0.3) is 0 Å². The van der Waals surface area contributed by atoms with Gasteiger partial charge in [-0.25, -0.2) is 4.79 Å². The van der Waals surface area contributed by atoms with Crippen molar-refractivity contribution >= 4 is 45.5 Å². The Hall–Kier alpha value is -4.85. The van der Waals surface area contributed by atoms with Crippen LogP contribution in [0.2, 0.25) is 0 Å². The van der Waals surface area contributed by atoms with Crippen molar-refractivity contribution in [2.24, 2.45) is 5.41 Å². The third-order valence-electron chi connectivity index (χ3n) is 7.71. The molecule has 0 N–H and O–H groups in total. The van der Waals surface area contributed by atoms with Crippen molar-refractivity contribution in [1.29, 1.82) is 10.5 Å². The first-order chi connectivity index (χ1) is 19.3. The topological polar surface area (TPSA) is 124 Å². The Kier molecular flexibility index (Phi) is 6.50. The molecule has 0 saturated heterocycles. The maximum absolute atomic E-state index is 14.8. The first-order valence-corrected chi connectivity index (χ1v) is 12.9. The highest BCUT2D eigenvalue weighted by molar-refractivity contribution is 9.10. The van der Waals surface area contributed by atoms with Crippen LogP contribution >= 0.6 is 15.9 Å². The summed E-state index contributed by atoms with van der Waals surface area (Å²) in [5, 5.41) is 22.1. The average molecular weight is 597 g/mol. The lowest BCUT2D eigenvalue weighted by atomic mass is 9.51. The van der Waals surface area contributed by atoms with Crippen molar-refractivity contribution in [1.82, 2.24) is 4.90 Å². The minimum atomic E-state index is -2.23. The molecule has 2 atom stereocenters. The number of benzene rings is 2. The van der Waals surface area contributed by atoms with Gasteiger partial charge in [0.05, 0.1) is 50.9 Å². The van der Waals surface area contributed by atoms with Gasteiger partial charge in [-0.3, -0.25) is 14.5 Å². The Bertz CT molecular complexity index is 1660. The molecule has 0 fully saturated rings. The molecule has 3 aliphatic rings. The number of ether oxygens (including phenoxy) is 2. The van der Waals surface area contributed by atoms with Crippen LogP contribution in [-0.4, -0.2) is 43.5 Å². The zero-order valence-corrected chi connectivity index (χ0v) is 23.1. The fourth-order valence-electron chi connectivity index (χ4n) is 6.16. The number of anilines is 1. The van der Waals surface area contributed by atoms with Gasteiger partial charge in [0.15, 0.2) is 5.41 Å². The lowest BCUT2D eigenvalue weighted by Crippen LogP contribution is -2.63. The molecule has 0 radical (unpaired) electrons. The molecule has 0 unspecified atom stereocenters. The molecule has 0 bridgehead atoms. The predicted molar refractivity (Wildman–Crippen MR) is 146 cm³/mol. The first-order valence-electron chi connectivity index (χ1n) is 12.1. The molecule has 3 aliphatic heterocycles. The third kappa shape index (κ3) is 3.28. The highest BCUT2D eigenvalue weighted by atomic mass is 79.9. The van der Waals surface area contributed by atoms with Crippen LogP contribution < -0.4 is 4.90 Å². The smallest absolute Gasteiger partial charge is 0.337 e. The number of nitrogens with zero attached hydrogens (tertiary/aromatic N) is 4. The van der Waals surface area contributed by atoms with E-state index in [1.807, 2.05) is 12.1 Å². The SMILES string of the molecule is C#CCN1C(=O)[C@@]2(C(C(=O)OC)=C(CC(=O)OC)N3C=Cc4ccccc4[C@H]3C2(C#N)C#N)c2cc(Br)ccc21. The van der Waals surface area contributed by atoms with E-state index >= 15 is 0 Å². The van der Waals surface area contributed by atoms with Gasteiger partial charge in [-0.05, 0) is 35.4 Å². The lowest BCUT2D eigenvalue weighted by molar-refractivity contribution is -0.142. The standard InChI is InChI=1S/C30H21BrN4O5/c1-4-12-35-22-10-9-19(31)14-21(22)30(28(35)38)25(27(37)40-3)23(15-24(36)39-2)34-13-11-18-7-5-6-8-20(18)26(34)29(30,16-32)17-33/h1,5-11,13-14,26H,12,15H2,2-3H3/t26-,30-/m0/s1. The molecule has 1 amide bonds. The number of fused-ring (bicyclic) bond motifs is 5. The molecule has 10 heteroatoms. The number of esters is 2. The van der Waals surface area contributed by atoms with E-state index in [2.05, 4.69) is 34.0 Å². The molecule has 3 heterocycles. The second kappa shape index (κ2) is 9.72. The Labute approximate surface area is 239 Å². The fraction of sp³-hybridized carbons (Fsp3) is 0.233. The van der Waals surface area contributed by atoms with E-state index in [4.69, 9.17) is 15.9 Å². The van der Waals surface area contributed by atoms with Crippen LogP contribution in [0.4, 0.5) is 5.69 Å². The molecule has 2 aromatic carbocycles. The quantitative estimate of drug-likeness (QED) is 0.386. The van der Waals surface area contributed by atoms with Crippen molar-refractivity contribution in [3.63, 3.8) is 0 Å². The summed E-state index contributed by atoms with van der Waals surface area (Å²) in [6.45, 7) is -0.187. The van der Waals surface area contributed by atoms with Gasteiger partial charge in [0.1, 0.15) is 5.41 Å². The van der Waals surface area contributed by atoms with Crippen LogP contribution in [0.25, 0.3) is 6.08 Å². The summed E-state index contributed by atoms with van der Waals surface area (Å²) in [4.78, 5) is 44.2. The van der Waals surface area contributed by atoms with Crippen molar-refractivity contribution in [2.75, 3.05) is 25.7 Å². The zero-order valence-electron chi connectivity index (χ0n) is 21.5.